The van der Waals surface area contributed by atoms with Gasteiger partial charge in [0, 0.05) is 31.8 Å². The topological polar surface area (TPSA) is 118 Å². The van der Waals surface area contributed by atoms with Crippen molar-refractivity contribution >= 4 is 27.1 Å². The van der Waals surface area contributed by atoms with Crippen molar-refractivity contribution in [1.29, 1.82) is 0 Å². The van der Waals surface area contributed by atoms with Crippen molar-refractivity contribution in [2.45, 2.75) is 24.2 Å². The fraction of sp³-hybridized carbons (Fsp3) is 0.438. The van der Waals surface area contributed by atoms with Gasteiger partial charge in [-0.25, -0.2) is 8.42 Å². The van der Waals surface area contributed by atoms with Crippen molar-refractivity contribution in [1.82, 2.24) is 5.32 Å². The highest BCUT2D eigenvalue weighted by atomic mass is 32.2. The largest absolute Gasteiger partial charge is 0.378 e. The molecule has 1 amide bonds. The lowest BCUT2D eigenvalue weighted by molar-refractivity contribution is -0.384. The second-order valence-electron chi connectivity index (χ2n) is 5.95. The van der Waals surface area contributed by atoms with Gasteiger partial charge in [-0.1, -0.05) is 12.2 Å². The maximum Gasteiger partial charge on any atom is 0.293 e. The average molecular weight is 367 g/mol. The van der Waals surface area contributed by atoms with E-state index in [9.17, 15) is 23.3 Å². The SMILES string of the molecule is CS(=O)(=O)c1ccc(NCCNC(=O)CC2C=CCC2)c([N+](=O)[O-])c1. The van der Waals surface area contributed by atoms with E-state index in [4.69, 9.17) is 0 Å². The summed E-state index contributed by atoms with van der Waals surface area (Å²) in [7, 11) is -3.52. The minimum Gasteiger partial charge on any atom is -0.378 e. The van der Waals surface area contributed by atoms with E-state index >= 15 is 0 Å². The Hall–Kier alpha value is -2.42. The van der Waals surface area contributed by atoms with Crippen LogP contribution in [0.5, 0.6) is 0 Å². The summed E-state index contributed by atoms with van der Waals surface area (Å²) in [5.41, 5.74) is -0.101. The van der Waals surface area contributed by atoms with Crippen LogP contribution in [0.25, 0.3) is 0 Å². The maximum atomic E-state index is 11.8. The Balaban J connectivity index is 1.88. The molecule has 0 bridgehead atoms. The van der Waals surface area contributed by atoms with Crippen molar-refractivity contribution < 1.29 is 18.1 Å². The summed E-state index contributed by atoms with van der Waals surface area (Å²) in [6, 6.07) is 3.71. The number of sulfone groups is 1. The van der Waals surface area contributed by atoms with Crippen LogP contribution >= 0.6 is 0 Å². The number of carbonyl (C=O) groups is 1. The first-order valence-electron chi connectivity index (χ1n) is 7.93. The average Bonchev–Trinajstić information content (AvgIpc) is 3.03. The number of hydrogen-bond donors (Lipinski definition) is 2. The van der Waals surface area contributed by atoms with Gasteiger partial charge in [0.05, 0.1) is 9.82 Å². The molecule has 1 aromatic rings. The molecule has 1 aliphatic rings. The first kappa shape index (κ1) is 18.9. The number of nitrogens with zero attached hydrogens (tertiary/aromatic N) is 1. The number of hydrogen-bond acceptors (Lipinski definition) is 6. The standard InChI is InChI=1S/C16H21N3O5S/c1-25(23,24)13-6-7-14(15(11-13)19(21)22)17-8-9-18-16(20)10-12-4-2-3-5-12/h2,4,6-7,11-12,17H,3,5,8-10H2,1H3,(H,18,20). The summed E-state index contributed by atoms with van der Waals surface area (Å²) >= 11 is 0. The number of carbonyl (C=O) groups excluding carboxylic acids is 1. The van der Waals surface area contributed by atoms with Crippen LogP contribution in [0.4, 0.5) is 11.4 Å². The van der Waals surface area contributed by atoms with Gasteiger partial charge in [0.2, 0.25) is 5.91 Å². The Morgan fingerprint density at radius 2 is 2.12 bits per heavy atom. The summed E-state index contributed by atoms with van der Waals surface area (Å²) < 4.78 is 23.0. The number of allylic oxidation sites excluding steroid dienone is 2. The summed E-state index contributed by atoms with van der Waals surface area (Å²) in [6.45, 7) is 0.617. The Morgan fingerprint density at radius 1 is 1.36 bits per heavy atom. The van der Waals surface area contributed by atoms with Gasteiger partial charge in [0.25, 0.3) is 5.69 Å². The lowest BCUT2D eigenvalue weighted by atomic mass is 10.1. The molecule has 1 unspecified atom stereocenters. The van der Waals surface area contributed by atoms with E-state index in [1.165, 1.54) is 12.1 Å². The van der Waals surface area contributed by atoms with Gasteiger partial charge in [-0.2, -0.15) is 0 Å². The molecule has 0 heterocycles. The second-order valence-corrected chi connectivity index (χ2v) is 7.97. The Bertz CT molecular complexity index is 789. The second kappa shape index (κ2) is 8.11. The minimum atomic E-state index is -3.52. The zero-order valence-corrected chi connectivity index (χ0v) is 14.7. The number of nitrogens with one attached hydrogen (secondary N) is 2. The predicted molar refractivity (Wildman–Crippen MR) is 94.2 cm³/mol. The molecule has 0 aromatic heterocycles. The Labute approximate surface area is 146 Å². The van der Waals surface area contributed by atoms with Crippen LogP contribution in [0.15, 0.2) is 35.2 Å². The van der Waals surface area contributed by atoms with Crippen LogP contribution in [0.2, 0.25) is 0 Å². The predicted octanol–water partition coefficient (Wildman–Crippen LogP) is 1.88. The van der Waals surface area contributed by atoms with Gasteiger partial charge in [-0.05, 0) is 30.9 Å². The smallest absolute Gasteiger partial charge is 0.293 e. The molecule has 0 aliphatic heterocycles. The van der Waals surface area contributed by atoms with Gasteiger partial charge in [0.15, 0.2) is 9.84 Å². The number of anilines is 1. The van der Waals surface area contributed by atoms with E-state index < -0.39 is 14.8 Å². The molecule has 0 spiro atoms. The summed E-state index contributed by atoms with van der Waals surface area (Å²) in [5.74, 6) is 0.234. The van der Waals surface area contributed by atoms with Gasteiger partial charge < -0.3 is 10.6 Å². The van der Waals surface area contributed by atoms with Crippen molar-refractivity contribution in [3.05, 3.63) is 40.5 Å². The summed E-state index contributed by atoms with van der Waals surface area (Å²) in [6.07, 6.45) is 7.55. The number of nitro benzene ring substituents is 1. The van der Waals surface area contributed by atoms with Gasteiger partial charge in [-0.15, -0.1) is 0 Å². The first-order chi connectivity index (χ1) is 11.8. The van der Waals surface area contributed by atoms with Crippen LogP contribution in [0.3, 0.4) is 0 Å². The van der Waals surface area contributed by atoms with Crippen molar-refractivity contribution in [2.24, 2.45) is 5.92 Å². The fourth-order valence-corrected chi connectivity index (χ4v) is 3.26. The molecule has 2 rings (SSSR count). The third kappa shape index (κ3) is 5.56. The number of nitro groups is 1. The van der Waals surface area contributed by atoms with E-state index in [-0.39, 0.29) is 28.1 Å². The van der Waals surface area contributed by atoms with Crippen molar-refractivity contribution in [3.8, 4) is 0 Å². The normalized spacial score (nSPS) is 16.6. The number of rotatable bonds is 8. The van der Waals surface area contributed by atoms with E-state index in [1.54, 1.807) is 0 Å². The molecule has 0 radical (unpaired) electrons. The molecule has 2 N–H and O–H groups in total. The minimum absolute atomic E-state index is 0.0553. The maximum absolute atomic E-state index is 11.8. The zero-order valence-electron chi connectivity index (χ0n) is 13.9. The zero-order chi connectivity index (χ0) is 18.4. The first-order valence-corrected chi connectivity index (χ1v) is 9.82. The monoisotopic (exact) mass is 367 g/mol. The lowest BCUT2D eigenvalue weighted by Gasteiger charge is -2.11. The van der Waals surface area contributed by atoms with Crippen molar-refractivity contribution in [3.63, 3.8) is 0 Å². The number of benzene rings is 1. The molecule has 1 aromatic carbocycles. The van der Waals surface area contributed by atoms with E-state index in [2.05, 4.69) is 16.7 Å². The van der Waals surface area contributed by atoms with E-state index in [0.29, 0.717) is 19.5 Å². The third-order valence-electron chi connectivity index (χ3n) is 3.92. The lowest BCUT2D eigenvalue weighted by Crippen LogP contribution is -2.29. The highest BCUT2D eigenvalue weighted by Gasteiger charge is 2.18. The van der Waals surface area contributed by atoms with E-state index in [0.717, 1.165) is 25.2 Å². The van der Waals surface area contributed by atoms with Gasteiger partial charge in [0.1, 0.15) is 5.69 Å². The van der Waals surface area contributed by atoms with Crippen LogP contribution < -0.4 is 10.6 Å². The van der Waals surface area contributed by atoms with Gasteiger partial charge >= 0.3 is 0 Å². The third-order valence-corrected chi connectivity index (χ3v) is 5.03. The molecule has 136 valence electrons. The Morgan fingerprint density at radius 3 is 2.72 bits per heavy atom. The quantitative estimate of drug-likeness (QED) is 0.313. The molecule has 0 saturated carbocycles. The molecular weight excluding hydrogens is 346 g/mol. The number of amides is 1. The van der Waals surface area contributed by atoms with Crippen LogP contribution in [0, 0.1) is 16.0 Å². The molecular formula is C16H21N3O5S. The molecule has 1 aliphatic carbocycles. The fourth-order valence-electron chi connectivity index (χ4n) is 2.62. The van der Waals surface area contributed by atoms with Crippen LogP contribution in [-0.2, 0) is 14.6 Å². The Kier molecular flexibility index (Phi) is 6.13. The molecule has 0 fully saturated rings. The summed E-state index contributed by atoms with van der Waals surface area (Å²) in [5, 5.41) is 16.7. The van der Waals surface area contributed by atoms with Crippen LogP contribution in [0.1, 0.15) is 19.3 Å². The highest BCUT2D eigenvalue weighted by molar-refractivity contribution is 7.90. The molecule has 8 nitrogen and oxygen atoms in total. The summed E-state index contributed by atoms with van der Waals surface area (Å²) in [4.78, 5) is 22.2. The van der Waals surface area contributed by atoms with Gasteiger partial charge in [-0.3, -0.25) is 14.9 Å². The molecule has 0 saturated heterocycles. The molecule has 25 heavy (non-hydrogen) atoms. The highest BCUT2D eigenvalue weighted by Crippen LogP contribution is 2.27. The molecule has 1 atom stereocenters. The van der Waals surface area contributed by atoms with E-state index in [1.807, 2.05) is 6.08 Å². The van der Waals surface area contributed by atoms with Crippen LogP contribution in [-0.4, -0.2) is 38.6 Å². The van der Waals surface area contributed by atoms with Crippen molar-refractivity contribution in [2.75, 3.05) is 24.7 Å². The molecule has 9 heteroatoms.